The Morgan fingerprint density at radius 3 is 1.20 bits per heavy atom. The molecule has 0 bridgehead atoms. The van der Waals surface area contributed by atoms with Gasteiger partial charge in [-0.05, 0) is 71.2 Å². The van der Waals surface area contributed by atoms with Crippen LogP contribution in [-0.2, 0) is 71.6 Å². The van der Waals surface area contributed by atoms with E-state index < -0.39 is 87.6 Å². The summed E-state index contributed by atoms with van der Waals surface area (Å²) in [5.41, 5.74) is 3.37. The van der Waals surface area contributed by atoms with Crippen LogP contribution < -0.4 is 0 Å². The van der Waals surface area contributed by atoms with Crippen LogP contribution in [0.1, 0.15) is 68.5 Å². The van der Waals surface area contributed by atoms with Gasteiger partial charge in [-0.1, -0.05) is 166 Å². The molecule has 0 aliphatic carbocycles. The number of hydrogen-bond donors (Lipinski definition) is 0. The van der Waals surface area contributed by atoms with E-state index in [9.17, 15) is 14.4 Å². The zero-order valence-electron chi connectivity index (χ0n) is 43.8. The second kappa shape index (κ2) is 26.6. The highest BCUT2D eigenvalue weighted by molar-refractivity contribution is 6.74. The third-order valence-electron chi connectivity index (χ3n) is 13.9. The van der Waals surface area contributed by atoms with E-state index in [0.29, 0.717) is 0 Å². The molecule has 15 heteroatoms. The maximum absolute atomic E-state index is 14.4. The van der Waals surface area contributed by atoms with Gasteiger partial charge in [-0.15, -0.1) is 0 Å². The molecule has 8 rings (SSSR count). The highest BCUT2D eigenvalue weighted by Crippen LogP contribution is 2.39. The van der Waals surface area contributed by atoms with Crippen molar-refractivity contribution in [1.29, 1.82) is 0 Å². The van der Waals surface area contributed by atoms with Gasteiger partial charge in [0.25, 0.3) is 0 Å². The molecule has 76 heavy (non-hydrogen) atoms. The number of rotatable bonds is 22. The number of methoxy groups -OCH3 is 1. The van der Waals surface area contributed by atoms with Gasteiger partial charge in [0.2, 0.25) is 0 Å². The SMILES string of the molecule is CO[C@@H]1O[C@H](CO[C@@H]2O[C@H](CO[Si](C)(C)C(C)(C)C)[C@@H](OC(=O)c3ccccc3)[C@H](OC(=O)c3ccccc3)[C@H]2OC(=O)c2ccccc2)[C@H](OCc2ccccc2)[C@H](OCc2ccccc2)[C@H]1OCc1ccccc1. The molecule has 2 saturated heterocycles. The predicted octanol–water partition coefficient (Wildman–Crippen LogP) is 10.6. The summed E-state index contributed by atoms with van der Waals surface area (Å²) < 4.78 is 73.1. The van der Waals surface area contributed by atoms with Crippen molar-refractivity contribution in [2.75, 3.05) is 20.3 Å². The number of hydrogen-bond acceptors (Lipinski definition) is 14. The van der Waals surface area contributed by atoms with Gasteiger partial charge < -0.3 is 51.8 Å². The van der Waals surface area contributed by atoms with Crippen LogP contribution in [0, 0.1) is 0 Å². The van der Waals surface area contributed by atoms with E-state index in [2.05, 4.69) is 33.9 Å². The third-order valence-corrected chi connectivity index (χ3v) is 18.4. The number of ether oxygens (including phenoxy) is 10. The summed E-state index contributed by atoms with van der Waals surface area (Å²) in [6, 6.07) is 54.4. The molecule has 2 aliphatic rings. The van der Waals surface area contributed by atoms with Gasteiger partial charge in [-0.3, -0.25) is 0 Å². The number of carbonyl (C=O) groups is 3. The molecule has 6 aromatic carbocycles. The molecule has 14 nitrogen and oxygen atoms in total. The number of carbonyl (C=O) groups excluding carboxylic acids is 3. The van der Waals surface area contributed by atoms with Crippen LogP contribution in [-0.4, -0.2) is 108 Å². The Morgan fingerprint density at radius 2 is 0.776 bits per heavy atom. The summed E-state index contributed by atoms with van der Waals surface area (Å²) in [6.07, 6.45) is -11.6. The monoisotopic (exact) mass is 1050 g/mol. The summed E-state index contributed by atoms with van der Waals surface area (Å²) in [5, 5.41) is -0.243. The maximum Gasteiger partial charge on any atom is 0.338 e. The van der Waals surface area contributed by atoms with E-state index in [4.69, 9.17) is 51.8 Å². The normalized spacial score (nSPS) is 23.8. The molecule has 0 amide bonds. The van der Waals surface area contributed by atoms with E-state index in [1.165, 1.54) is 7.11 Å². The fraction of sp³-hybridized carbons (Fsp3) is 0.361. The summed E-state index contributed by atoms with van der Waals surface area (Å²) >= 11 is 0. The van der Waals surface area contributed by atoms with Crippen molar-refractivity contribution in [3.8, 4) is 0 Å². The highest BCUT2D eigenvalue weighted by atomic mass is 28.4. The van der Waals surface area contributed by atoms with Crippen LogP contribution in [0.15, 0.2) is 182 Å². The average molecular weight is 1050 g/mol. The van der Waals surface area contributed by atoms with Crippen molar-refractivity contribution < 1.29 is 66.2 Å². The van der Waals surface area contributed by atoms with Gasteiger partial charge in [-0.2, -0.15) is 0 Å². The molecule has 0 N–H and O–H groups in total. The van der Waals surface area contributed by atoms with Gasteiger partial charge in [0.05, 0.1) is 49.7 Å². The molecule has 2 fully saturated rings. The Balaban J connectivity index is 1.19. The van der Waals surface area contributed by atoms with Crippen molar-refractivity contribution in [2.24, 2.45) is 0 Å². The van der Waals surface area contributed by atoms with Crippen molar-refractivity contribution in [3.05, 3.63) is 215 Å². The standard InChI is InChI=1S/C61H68O14Si/c1-61(2,3)76(5,6)70-41-49-51(73-56(62)45-31-19-10-20-32-45)53(74-57(63)46-33-21-11-22-34-46)55(75-58(64)47-35-23-12-24-36-47)60(72-49)69-40-48-50(66-37-42-25-13-7-14-26-42)52(67-38-43-27-15-8-16-28-43)54(59(65-4)71-48)68-39-44-29-17-9-18-30-44/h7-36,48-55,59-60H,37-41H2,1-6H3/t48-,49-,50+,51-,52+,53+,54-,55-,59-,60-/m1/s1. The van der Waals surface area contributed by atoms with Gasteiger partial charge >= 0.3 is 17.9 Å². The molecule has 0 radical (unpaired) electrons. The molecule has 400 valence electrons. The Bertz CT molecular complexity index is 2710. The molecule has 0 saturated carbocycles. The Morgan fingerprint density at radius 1 is 0.421 bits per heavy atom. The van der Waals surface area contributed by atoms with Crippen molar-refractivity contribution >= 4 is 26.2 Å². The lowest BCUT2D eigenvalue weighted by Gasteiger charge is -2.47. The molecule has 0 unspecified atom stereocenters. The predicted molar refractivity (Wildman–Crippen MR) is 285 cm³/mol. The first-order chi connectivity index (χ1) is 36.8. The molecule has 10 atom stereocenters. The lowest BCUT2D eigenvalue weighted by molar-refractivity contribution is -0.340. The summed E-state index contributed by atoms with van der Waals surface area (Å²) in [7, 11) is -1.02. The Kier molecular flexibility index (Phi) is 19.5. The van der Waals surface area contributed by atoms with Gasteiger partial charge in [0, 0.05) is 7.11 Å². The largest absolute Gasteiger partial charge is 0.452 e. The number of benzene rings is 6. The van der Waals surface area contributed by atoms with Crippen LogP contribution in [0.25, 0.3) is 0 Å². The van der Waals surface area contributed by atoms with E-state index in [-0.39, 0.29) is 54.8 Å². The average Bonchev–Trinajstić information content (AvgIpc) is 3.46. The molecule has 0 spiro atoms. The lowest BCUT2D eigenvalue weighted by atomic mass is 9.96. The van der Waals surface area contributed by atoms with E-state index >= 15 is 0 Å². The molecule has 2 heterocycles. The van der Waals surface area contributed by atoms with E-state index in [1.54, 1.807) is 91.0 Å². The minimum absolute atomic E-state index is 0.119. The summed E-state index contributed by atoms with van der Waals surface area (Å²) in [5.74, 6) is -2.28. The topological polar surface area (TPSA) is 153 Å². The summed E-state index contributed by atoms with van der Waals surface area (Å²) in [6.45, 7) is 10.7. The van der Waals surface area contributed by atoms with Crippen LogP contribution in [0.3, 0.4) is 0 Å². The first-order valence-electron chi connectivity index (χ1n) is 25.6. The summed E-state index contributed by atoms with van der Waals surface area (Å²) in [4.78, 5) is 42.9. The van der Waals surface area contributed by atoms with Crippen LogP contribution in [0.2, 0.25) is 18.1 Å². The first-order valence-corrected chi connectivity index (χ1v) is 28.5. The Labute approximate surface area is 446 Å². The molecular formula is C61H68O14Si. The van der Waals surface area contributed by atoms with Crippen LogP contribution >= 0.6 is 0 Å². The van der Waals surface area contributed by atoms with Crippen molar-refractivity contribution in [3.63, 3.8) is 0 Å². The fourth-order valence-electron chi connectivity index (χ4n) is 8.61. The smallest absolute Gasteiger partial charge is 0.338 e. The van der Waals surface area contributed by atoms with Crippen LogP contribution in [0.5, 0.6) is 0 Å². The van der Waals surface area contributed by atoms with Gasteiger partial charge in [-0.25, -0.2) is 14.4 Å². The molecular weight excluding hydrogens is 985 g/mol. The van der Waals surface area contributed by atoms with Crippen LogP contribution in [0.4, 0.5) is 0 Å². The van der Waals surface area contributed by atoms with E-state index in [0.717, 1.165) is 16.7 Å². The molecule has 0 aromatic heterocycles. The third kappa shape index (κ3) is 14.8. The maximum atomic E-state index is 14.4. The second-order valence-corrected chi connectivity index (χ2v) is 25.0. The quantitative estimate of drug-likeness (QED) is 0.0360. The second-order valence-electron chi connectivity index (χ2n) is 20.2. The zero-order chi connectivity index (χ0) is 53.5. The molecule has 6 aromatic rings. The fourth-order valence-corrected chi connectivity index (χ4v) is 9.63. The molecule has 2 aliphatic heterocycles. The Hall–Kier alpha value is -6.37. The van der Waals surface area contributed by atoms with Crippen molar-refractivity contribution in [1.82, 2.24) is 0 Å². The zero-order valence-corrected chi connectivity index (χ0v) is 44.8. The number of esters is 3. The minimum atomic E-state index is -2.55. The van der Waals surface area contributed by atoms with Crippen molar-refractivity contribution in [2.45, 2.75) is 120 Å². The van der Waals surface area contributed by atoms with Gasteiger partial charge in [0.1, 0.15) is 30.5 Å². The first kappa shape index (κ1) is 55.8. The lowest BCUT2D eigenvalue weighted by Crippen LogP contribution is -2.65. The minimum Gasteiger partial charge on any atom is -0.452 e. The highest BCUT2D eigenvalue weighted by Gasteiger charge is 2.55. The van der Waals surface area contributed by atoms with Gasteiger partial charge in [0.15, 0.2) is 39.2 Å². The van der Waals surface area contributed by atoms with E-state index in [1.807, 2.05) is 91.0 Å².